The lowest BCUT2D eigenvalue weighted by Crippen LogP contribution is -2.03. The summed E-state index contributed by atoms with van der Waals surface area (Å²) in [6, 6.07) is 11.6. The Balaban J connectivity index is 2.48. The SMILES string of the molecule is Nc1cc(Cl)cc(C(=O)c2ccccc2Cl)c1. The van der Waals surface area contributed by atoms with Crippen LogP contribution in [0.5, 0.6) is 0 Å². The lowest BCUT2D eigenvalue weighted by molar-refractivity contribution is 0.103. The Morgan fingerprint density at radius 3 is 2.41 bits per heavy atom. The summed E-state index contributed by atoms with van der Waals surface area (Å²) in [5.74, 6) is -0.190. The predicted octanol–water partition coefficient (Wildman–Crippen LogP) is 3.81. The van der Waals surface area contributed by atoms with E-state index in [1.807, 2.05) is 0 Å². The molecule has 0 aliphatic rings. The van der Waals surface area contributed by atoms with Gasteiger partial charge >= 0.3 is 0 Å². The fraction of sp³-hybridized carbons (Fsp3) is 0. The second kappa shape index (κ2) is 4.78. The number of hydrogen-bond acceptors (Lipinski definition) is 2. The molecule has 0 fully saturated rings. The Morgan fingerprint density at radius 2 is 1.76 bits per heavy atom. The van der Waals surface area contributed by atoms with E-state index < -0.39 is 0 Å². The summed E-state index contributed by atoms with van der Waals surface area (Å²) in [5.41, 5.74) is 6.97. The van der Waals surface area contributed by atoms with Crippen molar-refractivity contribution in [3.8, 4) is 0 Å². The van der Waals surface area contributed by atoms with Crippen LogP contribution in [0.15, 0.2) is 42.5 Å². The molecule has 2 aromatic rings. The van der Waals surface area contributed by atoms with Crippen LogP contribution in [0.1, 0.15) is 15.9 Å². The van der Waals surface area contributed by atoms with Crippen molar-refractivity contribution in [1.82, 2.24) is 0 Å². The van der Waals surface area contributed by atoms with E-state index in [0.29, 0.717) is 26.9 Å². The summed E-state index contributed by atoms with van der Waals surface area (Å²) < 4.78 is 0. The molecule has 0 aromatic heterocycles. The van der Waals surface area contributed by atoms with Gasteiger partial charge < -0.3 is 5.73 Å². The van der Waals surface area contributed by atoms with Crippen LogP contribution < -0.4 is 5.73 Å². The fourth-order valence-electron chi connectivity index (χ4n) is 1.54. The first-order chi connectivity index (χ1) is 8.08. The largest absolute Gasteiger partial charge is 0.399 e. The first-order valence-electron chi connectivity index (χ1n) is 4.93. The second-order valence-electron chi connectivity index (χ2n) is 3.58. The number of ketones is 1. The number of benzene rings is 2. The summed E-state index contributed by atoms with van der Waals surface area (Å²) in [5, 5.41) is 0.844. The molecule has 0 bridgehead atoms. The number of hydrogen-bond donors (Lipinski definition) is 1. The van der Waals surface area contributed by atoms with Crippen molar-refractivity contribution in [3.63, 3.8) is 0 Å². The zero-order valence-corrected chi connectivity index (χ0v) is 10.3. The lowest BCUT2D eigenvalue weighted by Gasteiger charge is -2.05. The maximum absolute atomic E-state index is 12.2. The van der Waals surface area contributed by atoms with Gasteiger partial charge in [0, 0.05) is 21.8 Å². The topological polar surface area (TPSA) is 43.1 Å². The number of anilines is 1. The molecule has 0 aliphatic carbocycles. The third-order valence-corrected chi connectivity index (χ3v) is 2.85. The minimum Gasteiger partial charge on any atom is -0.399 e. The van der Waals surface area contributed by atoms with Gasteiger partial charge in [-0.05, 0) is 30.3 Å². The Bertz CT molecular complexity index is 561. The van der Waals surface area contributed by atoms with Crippen LogP contribution in [-0.2, 0) is 0 Å². The van der Waals surface area contributed by atoms with Crippen molar-refractivity contribution in [3.05, 3.63) is 63.6 Å². The van der Waals surface area contributed by atoms with Crippen molar-refractivity contribution < 1.29 is 4.79 Å². The Morgan fingerprint density at radius 1 is 1.06 bits per heavy atom. The summed E-state index contributed by atoms with van der Waals surface area (Å²) in [6.07, 6.45) is 0. The normalized spacial score (nSPS) is 10.2. The van der Waals surface area contributed by atoms with Gasteiger partial charge in [-0.1, -0.05) is 35.3 Å². The van der Waals surface area contributed by atoms with Gasteiger partial charge in [0.1, 0.15) is 0 Å². The molecule has 2 rings (SSSR count). The van der Waals surface area contributed by atoms with Gasteiger partial charge in [0.25, 0.3) is 0 Å². The van der Waals surface area contributed by atoms with E-state index in [1.54, 1.807) is 42.5 Å². The van der Waals surface area contributed by atoms with Crippen molar-refractivity contribution in [2.24, 2.45) is 0 Å². The average Bonchev–Trinajstić information content (AvgIpc) is 2.27. The first kappa shape index (κ1) is 12.0. The molecule has 0 saturated carbocycles. The summed E-state index contributed by atoms with van der Waals surface area (Å²) in [7, 11) is 0. The highest BCUT2D eigenvalue weighted by molar-refractivity contribution is 6.35. The van der Waals surface area contributed by atoms with E-state index in [0.717, 1.165) is 0 Å². The summed E-state index contributed by atoms with van der Waals surface area (Å²) in [4.78, 5) is 12.2. The molecule has 0 atom stereocenters. The monoisotopic (exact) mass is 265 g/mol. The maximum Gasteiger partial charge on any atom is 0.194 e. The molecule has 4 heteroatoms. The first-order valence-corrected chi connectivity index (χ1v) is 5.69. The van der Waals surface area contributed by atoms with Gasteiger partial charge in [-0.3, -0.25) is 4.79 Å². The van der Waals surface area contributed by atoms with Gasteiger partial charge in [-0.15, -0.1) is 0 Å². The van der Waals surface area contributed by atoms with E-state index in [9.17, 15) is 4.79 Å². The molecule has 0 amide bonds. The molecule has 0 radical (unpaired) electrons. The Labute approximate surface area is 109 Å². The molecule has 0 spiro atoms. The lowest BCUT2D eigenvalue weighted by atomic mass is 10.0. The van der Waals surface area contributed by atoms with Crippen LogP contribution in [0, 0.1) is 0 Å². The zero-order valence-electron chi connectivity index (χ0n) is 8.78. The molecule has 0 heterocycles. The molecule has 0 saturated heterocycles. The van der Waals surface area contributed by atoms with Crippen molar-refractivity contribution in [2.75, 3.05) is 5.73 Å². The molecule has 2 N–H and O–H groups in total. The zero-order chi connectivity index (χ0) is 12.4. The van der Waals surface area contributed by atoms with Gasteiger partial charge in [0.15, 0.2) is 5.78 Å². The van der Waals surface area contributed by atoms with Crippen LogP contribution in [0.4, 0.5) is 5.69 Å². The highest BCUT2D eigenvalue weighted by atomic mass is 35.5. The van der Waals surface area contributed by atoms with Crippen LogP contribution in [0.2, 0.25) is 10.0 Å². The van der Waals surface area contributed by atoms with Crippen molar-refractivity contribution in [2.45, 2.75) is 0 Å². The van der Waals surface area contributed by atoms with Crippen LogP contribution in [0.3, 0.4) is 0 Å². The molecular formula is C13H9Cl2NO. The van der Waals surface area contributed by atoms with Gasteiger partial charge in [-0.2, -0.15) is 0 Å². The maximum atomic E-state index is 12.2. The van der Waals surface area contributed by atoms with E-state index in [2.05, 4.69) is 0 Å². The average molecular weight is 266 g/mol. The summed E-state index contributed by atoms with van der Waals surface area (Å²) in [6.45, 7) is 0. The minimum absolute atomic E-state index is 0.190. The number of nitrogens with two attached hydrogens (primary N) is 1. The fourth-order valence-corrected chi connectivity index (χ4v) is 2.01. The number of carbonyl (C=O) groups is 1. The molecule has 2 aromatic carbocycles. The third kappa shape index (κ3) is 2.60. The van der Waals surface area contributed by atoms with Gasteiger partial charge in [0.2, 0.25) is 0 Å². The Kier molecular flexibility index (Phi) is 3.36. The van der Waals surface area contributed by atoms with Crippen LogP contribution >= 0.6 is 23.2 Å². The number of carbonyl (C=O) groups excluding carboxylic acids is 1. The second-order valence-corrected chi connectivity index (χ2v) is 4.43. The van der Waals surface area contributed by atoms with Crippen LogP contribution in [-0.4, -0.2) is 5.78 Å². The molecule has 0 unspecified atom stereocenters. The van der Waals surface area contributed by atoms with E-state index >= 15 is 0 Å². The minimum atomic E-state index is -0.190. The highest BCUT2D eigenvalue weighted by Gasteiger charge is 2.13. The van der Waals surface area contributed by atoms with Crippen molar-refractivity contribution in [1.29, 1.82) is 0 Å². The molecule has 0 aliphatic heterocycles. The van der Waals surface area contributed by atoms with E-state index in [1.165, 1.54) is 0 Å². The highest BCUT2D eigenvalue weighted by Crippen LogP contribution is 2.22. The molecular weight excluding hydrogens is 257 g/mol. The standard InChI is InChI=1S/C13H9Cl2NO/c14-9-5-8(6-10(16)7-9)13(17)11-3-1-2-4-12(11)15/h1-7H,16H2. The number of halogens is 2. The number of rotatable bonds is 2. The van der Waals surface area contributed by atoms with E-state index in [-0.39, 0.29) is 5.78 Å². The predicted molar refractivity (Wildman–Crippen MR) is 70.7 cm³/mol. The molecule has 86 valence electrons. The van der Waals surface area contributed by atoms with Gasteiger partial charge in [-0.25, -0.2) is 0 Å². The van der Waals surface area contributed by atoms with Crippen LogP contribution in [0.25, 0.3) is 0 Å². The third-order valence-electron chi connectivity index (χ3n) is 2.30. The molecule has 2 nitrogen and oxygen atoms in total. The van der Waals surface area contributed by atoms with E-state index in [4.69, 9.17) is 28.9 Å². The quantitative estimate of drug-likeness (QED) is 0.663. The summed E-state index contributed by atoms with van der Waals surface area (Å²) >= 11 is 11.8. The number of nitrogen functional groups attached to an aromatic ring is 1. The van der Waals surface area contributed by atoms with Gasteiger partial charge in [0.05, 0.1) is 5.02 Å². The van der Waals surface area contributed by atoms with Crippen molar-refractivity contribution >= 4 is 34.7 Å². The Hall–Kier alpha value is -1.51. The molecule has 17 heavy (non-hydrogen) atoms. The smallest absolute Gasteiger partial charge is 0.194 e.